The summed E-state index contributed by atoms with van der Waals surface area (Å²) in [5.74, 6) is -0.946. The minimum Gasteiger partial charge on any atom is -0.481 e. The van der Waals surface area contributed by atoms with Crippen LogP contribution in [0.3, 0.4) is 0 Å². The molecule has 0 atom stereocenters. The molecule has 2 amide bonds. The molecule has 1 rings (SSSR count). The van der Waals surface area contributed by atoms with E-state index in [-0.39, 0.29) is 12.5 Å². The highest BCUT2D eigenvalue weighted by Crippen LogP contribution is 2.13. The fraction of sp³-hybridized carbons (Fsp3) is 0.583. The predicted molar refractivity (Wildman–Crippen MR) is 73.2 cm³/mol. The maximum atomic E-state index is 11.7. The minimum atomic E-state index is -0.946. The number of carboxylic acid groups (broad SMARTS) is 1. The molecule has 0 saturated carbocycles. The highest BCUT2D eigenvalue weighted by Gasteiger charge is 2.23. The number of aryl methyl sites for hydroxylation is 1. The van der Waals surface area contributed by atoms with E-state index in [2.05, 4.69) is 15.6 Å². The predicted octanol–water partition coefficient (Wildman–Crippen LogP) is 1.76. The quantitative estimate of drug-likeness (QED) is 0.742. The van der Waals surface area contributed by atoms with Gasteiger partial charge in [0.25, 0.3) is 0 Å². The van der Waals surface area contributed by atoms with Gasteiger partial charge in [-0.1, -0.05) is 6.92 Å². The van der Waals surface area contributed by atoms with E-state index in [1.54, 1.807) is 31.4 Å². The molecule has 0 bridgehead atoms. The van der Waals surface area contributed by atoms with Crippen molar-refractivity contribution < 1.29 is 14.7 Å². The van der Waals surface area contributed by atoms with E-state index in [0.717, 1.165) is 11.4 Å². The van der Waals surface area contributed by atoms with Crippen molar-refractivity contribution in [2.75, 3.05) is 0 Å². The van der Waals surface area contributed by atoms with Crippen molar-refractivity contribution in [3.05, 3.63) is 16.1 Å². The van der Waals surface area contributed by atoms with Crippen molar-refractivity contribution in [2.24, 2.45) is 0 Å². The number of nitrogens with zero attached hydrogens (tertiary/aromatic N) is 1. The summed E-state index contributed by atoms with van der Waals surface area (Å²) in [5, 5.41) is 14.9. The molecule has 3 N–H and O–H groups in total. The number of carbonyl (C=O) groups excluding carboxylic acids is 1. The Morgan fingerprint density at radius 2 is 2.16 bits per heavy atom. The maximum absolute atomic E-state index is 11.7. The Bertz CT molecular complexity index is 457. The molecule has 0 saturated heterocycles. The van der Waals surface area contributed by atoms with Crippen LogP contribution in [-0.4, -0.2) is 27.6 Å². The van der Waals surface area contributed by atoms with Gasteiger partial charge in [-0.15, -0.1) is 11.3 Å². The van der Waals surface area contributed by atoms with E-state index in [4.69, 9.17) is 5.11 Å². The summed E-state index contributed by atoms with van der Waals surface area (Å²) in [6, 6.07) is -0.389. The minimum absolute atomic E-state index is 0.127. The van der Waals surface area contributed by atoms with Crippen molar-refractivity contribution in [3.8, 4) is 0 Å². The van der Waals surface area contributed by atoms with Gasteiger partial charge in [-0.25, -0.2) is 9.78 Å². The molecule has 0 spiro atoms. The van der Waals surface area contributed by atoms with E-state index in [9.17, 15) is 9.59 Å². The number of rotatable bonds is 6. The Morgan fingerprint density at radius 3 is 2.68 bits per heavy atom. The van der Waals surface area contributed by atoms with Crippen LogP contribution < -0.4 is 10.6 Å². The van der Waals surface area contributed by atoms with Crippen LogP contribution in [0.5, 0.6) is 0 Å². The van der Waals surface area contributed by atoms with Gasteiger partial charge in [-0.3, -0.25) is 4.79 Å². The normalized spacial score (nSPS) is 11.1. The van der Waals surface area contributed by atoms with Gasteiger partial charge in [0.2, 0.25) is 0 Å². The standard InChI is InChI=1S/C12H19N3O3S/c1-4-8-6-13-9(19-8)7-14-11(18)15-12(2,3)5-10(16)17/h6H,4-5,7H2,1-3H3,(H,16,17)(H2,14,15,18). The highest BCUT2D eigenvalue weighted by molar-refractivity contribution is 7.11. The summed E-state index contributed by atoms with van der Waals surface area (Å²) in [4.78, 5) is 27.6. The smallest absolute Gasteiger partial charge is 0.315 e. The topological polar surface area (TPSA) is 91.3 Å². The molecule has 0 aromatic carbocycles. The molecule has 1 aromatic heterocycles. The number of urea groups is 1. The summed E-state index contributed by atoms with van der Waals surface area (Å²) in [5.41, 5.74) is -0.784. The average molecular weight is 285 g/mol. The summed E-state index contributed by atoms with van der Waals surface area (Å²) >= 11 is 1.56. The van der Waals surface area contributed by atoms with Crippen LogP contribution in [0.1, 0.15) is 37.1 Å². The van der Waals surface area contributed by atoms with E-state index >= 15 is 0 Å². The Kier molecular flexibility index (Phi) is 5.29. The number of aliphatic carboxylic acids is 1. The molecule has 0 aliphatic rings. The second-order valence-corrected chi connectivity index (χ2v) is 6.04. The molecule has 0 fully saturated rings. The molecule has 0 unspecified atom stereocenters. The van der Waals surface area contributed by atoms with Crippen LogP contribution in [-0.2, 0) is 17.8 Å². The molecule has 7 heteroatoms. The highest BCUT2D eigenvalue weighted by atomic mass is 32.1. The van der Waals surface area contributed by atoms with Crippen LogP contribution in [0, 0.1) is 0 Å². The first kappa shape index (κ1) is 15.4. The lowest BCUT2D eigenvalue weighted by Crippen LogP contribution is -2.49. The molecule has 6 nitrogen and oxygen atoms in total. The van der Waals surface area contributed by atoms with Gasteiger partial charge in [0, 0.05) is 16.6 Å². The van der Waals surface area contributed by atoms with Crippen molar-refractivity contribution >= 4 is 23.3 Å². The molecular weight excluding hydrogens is 266 g/mol. The van der Waals surface area contributed by atoms with Gasteiger partial charge in [0.05, 0.1) is 13.0 Å². The Morgan fingerprint density at radius 1 is 1.47 bits per heavy atom. The van der Waals surface area contributed by atoms with Crippen molar-refractivity contribution in [1.82, 2.24) is 15.6 Å². The van der Waals surface area contributed by atoms with E-state index in [1.807, 2.05) is 6.92 Å². The first-order chi connectivity index (χ1) is 8.82. The number of carbonyl (C=O) groups is 2. The van der Waals surface area contributed by atoms with Crippen LogP contribution in [0.15, 0.2) is 6.20 Å². The average Bonchev–Trinajstić information content (AvgIpc) is 2.71. The molecule has 1 heterocycles. The van der Waals surface area contributed by atoms with Crippen LogP contribution in [0.4, 0.5) is 4.79 Å². The van der Waals surface area contributed by atoms with Gasteiger partial charge in [-0.05, 0) is 20.3 Å². The zero-order valence-electron chi connectivity index (χ0n) is 11.3. The van der Waals surface area contributed by atoms with Gasteiger partial charge in [-0.2, -0.15) is 0 Å². The zero-order chi connectivity index (χ0) is 14.5. The Balaban J connectivity index is 2.41. The summed E-state index contributed by atoms with van der Waals surface area (Å²) in [6.45, 7) is 5.73. The van der Waals surface area contributed by atoms with E-state index in [0.29, 0.717) is 6.54 Å². The lowest BCUT2D eigenvalue weighted by molar-refractivity contribution is -0.138. The van der Waals surface area contributed by atoms with E-state index < -0.39 is 11.5 Å². The van der Waals surface area contributed by atoms with Crippen molar-refractivity contribution in [1.29, 1.82) is 0 Å². The maximum Gasteiger partial charge on any atom is 0.315 e. The first-order valence-electron chi connectivity index (χ1n) is 6.04. The number of hydrogen-bond acceptors (Lipinski definition) is 4. The summed E-state index contributed by atoms with van der Waals surface area (Å²) < 4.78 is 0. The third-order valence-electron chi connectivity index (χ3n) is 2.40. The molecule has 0 radical (unpaired) electrons. The van der Waals surface area contributed by atoms with Crippen molar-refractivity contribution in [3.63, 3.8) is 0 Å². The molecule has 0 aliphatic carbocycles. The van der Waals surface area contributed by atoms with Crippen LogP contribution in [0.25, 0.3) is 0 Å². The van der Waals surface area contributed by atoms with Crippen LogP contribution in [0.2, 0.25) is 0 Å². The van der Waals surface area contributed by atoms with Crippen molar-refractivity contribution in [2.45, 2.75) is 45.7 Å². The number of carboxylic acids is 1. The Labute approximate surface area is 116 Å². The molecule has 106 valence electrons. The zero-order valence-corrected chi connectivity index (χ0v) is 12.1. The Hall–Kier alpha value is -1.63. The number of thiazole rings is 1. The van der Waals surface area contributed by atoms with Gasteiger partial charge < -0.3 is 15.7 Å². The second kappa shape index (κ2) is 6.51. The number of amides is 2. The monoisotopic (exact) mass is 285 g/mol. The first-order valence-corrected chi connectivity index (χ1v) is 6.85. The largest absolute Gasteiger partial charge is 0.481 e. The SMILES string of the molecule is CCc1cnc(CNC(=O)NC(C)(C)CC(=O)O)s1. The molecule has 1 aromatic rings. The van der Waals surface area contributed by atoms with Gasteiger partial charge in [0.1, 0.15) is 5.01 Å². The van der Waals surface area contributed by atoms with E-state index in [1.165, 1.54) is 4.88 Å². The third-order valence-corrected chi connectivity index (χ3v) is 3.54. The fourth-order valence-corrected chi connectivity index (χ4v) is 2.33. The molecule has 0 aliphatic heterocycles. The van der Waals surface area contributed by atoms with Gasteiger partial charge >= 0.3 is 12.0 Å². The summed E-state index contributed by atoms with van der Waals surface area (Å²) in [7, 11) is 0. The molecular formula is C12H19N3O3S. The molecule has 19 heavy (non-hydrogen) atoms. The lowest BCUT2D eigenvalue weighted by Gasteiger charge is -2.24. The van der Waals surface area contributed by atoms with Gasteiger partial charge in [0.15, 0.2) is 0 Å². The summed E-state index contributed by atoms with van der Waals surface area (Å²) in [6.07, 6.45) is 2.60. The lowest BCUT2D eigenvalue weighted by atomic mass is 10.0. The fourth-order valence-electron chi connectivity index (χ4n) is 1.52. The third kappa shape index (κ3) is 5.69. The number of nitrogens with one attached hydrogen (secondary N) is 2. The second-order valence-electron chi connectivity index (χ2n) is 4.84. The number of aromatic nitrogens is 1. The number of hydrogen-bond donors (Lipinski definition) is 3. The van der Waals surface area contributed by atoms with Crippen LogP contribution >= 0.6 is 11.3 Å².